The van der Waals surface area contributed by atoms with Crippen molar-refractivity contribution in [2.24, 2.45) is 16.1 Å². The van der Waals surface area contributed by atoms with E-state index in [1.807, 2.05) is 38.1 Å². The number of carbonyl (C=O) groups is 1. The number of aliphatic hydroxyl groups excluding tert-OH is 3. The smallest absolute Gasteiger partial charge is 0.280 e. The van der Waals surface area contributed by atoms with Crippen LogP contribution in [0.1, 0.15) is 39.5 Å². The highest BCUT2D eigenvalue weighted by Gasteiger charge is 2.43. The molecule has 0 fully saturated rings. The number of anilines is 2. The van der Waals surface area contributed by atoms with Crippen LogP contribution in [-0.2, 0) is 14.3 Å². The van der Waals surface area contributed by atoms with Gasteiger partial charge in [-0.1, -0.05) is 69.2 Å². The van der Waals surface area contributed by atoms with E-state index in [1.165, 1.54) is 16.1 Å². The lowest BCUT2D eigenvalue weighted by Gasteiger charge is -2.23. The van der Waals surface area contributed by atoms with Crippen molar-refractivity contribution in [1.82, 2.24) is 0 Å². The first-order valence-electron chi connectivity index (χ1n) is 13.4. The predicted octanol–water partition coefficient (Wildman–Crippen LogP) is 3.40. The van der Waals surface area contributed by atoms with Gasteiger partial charge in [-0.25, -0.2) is 5.01 Å². The maximum Gasteiger partial charge on any atom is 0.280 e. The van der Waals surface area contributed by atoms with Gasteiger partial charge in [0.05, 0.1) is 36.1 Å². The highest BCUT2D eigenvalue weighted by molar-refractivity contribution is 6.31. The first-order valence-corrected chi connectivity index (χ1v) is 13.4. The number of amides is 1. The summed E-state index contributed by atoms with van der Waals surface area (Å²) >= 11 is 0. The molecule has 10 nitrogen and oxygen atoms in total. The first-order chi connectivity index (χ1) is 19.0. The number of aliphatic hydroxyl groups is 3. The monoisotopic (exact) mass is 536 g/mol. The third-order valence-electron chi connectivity index (χ3n) is 6.44. The molecule has 0 spiro atoms. The van der Waals surface area contributed by atoms with E-state index < -0.39 is 30.6 Å². The number of hydrogen-bond acceptors (Lipinski definition) is 9. The maximum absolute atomic E-state index is 13.6. The minimum atomic E-state index is -1.46. The molecule has 208 valence electrons. The van der Waals surface area contributed by atoms with Crippen LogP contribution in [0.5, 0.6) is 0 Å². The Morgan fingerprint density at radius 3 is 2.03 bits per heavy atom. The number of hydrogen-bond donors (Lipinski definition) is 3. The quantitative estimate of drug-likeness (QED) is 0.203. The molecule has 2 aliphatic rings. The molecule has 2 heterocycles. The Morgan fingerprint density at radius 1 is 0.872 bits per heavy atom. The van der Waals surface area contributed by atoms with Crippen LogP contribution in [0, 0.1) is 5.92 Å². The van der Waals surface area contributed by atoms with Gasteiger partial charge in [-0.2, -0.15) is 15.2 Å². The Bertz CT molecular complexity index is 1190. The van der Waals surface area contributed by atoms with E-state index in [4.69, 9.17) is 9.47 Å². The summed E-state index contributed by atoms with van der Waals surface area (Å²) in [6.45, 7) is 4.60. The van der Waals surface area contributed by atoms with Gasteiger partial charge >= 0.3 is 0 Å². The largest absolute Gasteiger partial charge is 0.371 e. The number of rotatable bonds is 13. The zero-order valence-corrected chi connectivity index (χ0v) is 22.3. The van der Waals surface area contributed by atoms with Crippen LogP contribution in [0.25, 0.3) is 0 Å². The number of ether oxygens (including phenoxy) is 2. The number of carbonyl (C=O) groups excluding carboxylic acids is 1. The van der Waals surface area contributed by atoms with Crippen molar-refractivity contribution in [3.8, 4) is 0 Å². The van der Waals surface area contributed by atoms with E-state index in [-0.39, 0.29) is 23.6 Å². The number of nitrogens with zero attached hydrogens (tertiary/aromatic N) is 4. The average Bonchev–Trinajstić information content (AvgIpc) is 3.46. The topological polar surface area (TPSA) is 127 Å². The van der Waals surface area contributed by atoms with Crippen molar-refractivity contribution in [2.75, 3.05) is 23.2 Å². The van der Waals surface area contributed by atoms with Gasteiger partial charge in [0.25, 0.3) is 5.91 Å². The van der Waals surface area contributed by atoms with Crippen molar-refractivity contribution in [1.29, 1.82) is 0 Å². The molecule has 4 atom stereocenters. The second kappa shape index (κ2) is 13.6. The third kappa shape index (κ3) is 6.60. The molecule has 2 aromatic carbocycles. The highest BCUT2D eigenvalue weighted by Crippen LogP contribution is 2.33. The van der Waals surface area contributed by atoms with Gasteiger partial charge in [0.2, 0.25) is 6.29 Å². The summed E-state index contributed by atoms with van der Waals surface area (Å²) < 4.78 is 11.2. The Kier molecular flexibility index (Phi) is 9.96. The van der Waals surface area contributed by atoms with E-state index in [0.29, 0.717) is 18.0 Å². The van der Waals surface area contributed by atoms with Crippen molar-refractivity contribution in [3.63, 3.8) is 0 Å². The van der Waals surface area contributed by atoms with Crippen molar-refractivity contribution < 1.29 is 29.6 Å². The fourth-order valence-corrected chi connectivity index (χ4v) is 4.27. The first kappa shape index (κ1) is 28.6. The maximum atomic E-state index is 13.6. The molecule has 4 rings (SSSR count). The molecule has 4 unspecified atom stereocenters. The second-order valence-electron chi connectivity index (χ2n) is 9.32. The minimum Gasteiger partial charge on any atom is -0.371 e. The molecule has 1 amide bonds. The van der Waals surface area contributed by atoms with Crippen LogP contribution in [0.2, 0.25) is 0 Å². The highest BCUT2D eigenvalue weighted by atomic mass is 16.6. The van der Waals surface area contributed by atoms with E-state index in [1.54, 1.807) is 36.4 Å². The van der Waals surface area contributed by atoms with Crippen LogP contribution in [0.4, 0.5) is 11.4 Å². The predicted molar refractivity (Wildman–Crippen MR) is 149 cm³/mol. The molecule has 0 aromatic heterocycles. The van der Waals surface area contributed by atoms with E-state index in [9.17, 15) is 20.1 Å². The lowest BCUT2D eigenvalue weighted by molar-refractivity contribution is -0.114. The Balaban J connectivity index is 1.71. The molecule has 0 bridgehead atoms. The molecule has 0 saturated carbocycles. The zero-order valence-electron chi connectivity index (χ0n) is 22.3. The zero-order chi connectivity index (χ0) is 27.8. The average molecular weight is 537 g/mol. The molecule has 2 aromatic rings. The lowest BCUT2D eigenvalue weighted by Crippen LogP contribution is -2.37. The normalized spacial score (nSPS) is 21.9. The fourth-order valence-electron chi connectivity index (χ4n) is 4.27. The SMILES string of the molecule is CCCCOC(O)C1=NN(c2ccccc2)C(=O)/C1=C\C1C(C(O)OCCCC)=NN(c2ccccc2)C1O. The van der Waals surface area contributed by atoms with Gasteiger partial charge < -0.3 is 24.8 Å². The molecular formula is C29H36N4O6. The van der Waals surface area contributed by atoms with Gasteiger partial charge in [-0.3, -0.25) is 4.79 Å². The van der Waals surface area contributed by atoms with Gasteiger partial charge in [-0.05, 0) is 37.1 Å². The summed E-state index contributed by atoms with van der Waals surface area (Å²) in [4.78, 5) is 13.6. The summed E-state index contributed by atoms with van der Waals surface area (Å²) in [7, 11) is 0. The molecule has 2 aliphatic heterocycles. The number of hydrazone groups is 2. The summed E-state index contributed by atoms with van der Waals surface area (Å²) in [5, 5.41) is 44.6. The van der Waals surface area contributed by atoms with Crippen molar-refractivity contribution >= 4 is 28.7 Å². The van der Waals surface area contributed by atoms with Crippen LogP contribution >= 0.6 is 0 Å². The van der Waals surface area contributed by atoms with E-state index >= 15 is 0 Å². The second-order valence-corrected chi connectivity index (χ2v) is 9.32. The molecule has 10 heteroatoms. The molecule has 0 radical (unpaired) electrons. The molecular weight excluding hydrogens is 500 g/mol. The van der Waals surface area contributed by atoms with Gasteiger partial charge in [0.1, 0.15) is 11.4 Å². The fraction of sp³-hybridized carbons (Fsp3) is 0.414. The van der Waals surface area contributed by atoms with Crippen LogP contribution in [0.3, 0.4) is 0 Å². The lowest BCUT2D eigenvalue weighted by atomic mass is 9.96. The van der Waals surface area contributed by atoms with Gasteiger partial charge in [-0.15, -0.1) is 0 Å². The summed E-state index contributed by atoms with van der Waals surface area (Å²) in [6.07, 6.45) is 0.577. The minimum absolute atomic E-state index is 0.0195. The van der Waals surface area contributed by atoms with Crippen LogP contribution < -0.4 is 10.0 Å². The van der Waals surface area contributed by atoms with Gasteiger partial charge in [0.15, 0.2) is 12.5 Å². The Labute approximate surface area is 228 Å². The van der Waals surface area contributed by atoms with E-state index in [2.05, 4.69) is 10.2 Å². The van der Waals surface area contributed by atoms with E-state index in [0.717, 1.165) is 25.7 Å². The van der Waals surface area contributed by atoms with Crippen molar-refractivity contribution in [2.45, 2.75) is 58.3 Å². The number of unbranched alkanes of at least 4 members (excludes halogenated alkanes) is 2. The summed E-state index contributed by atoms with van der Waals surface area (Å²) in [5.74, 6) is -1.44. The number of benzene rings is 2. The molecule has 0 aliphatic carbocycles. The van der Waals surface area contributed by atoms with Crippen LogP contribution in [-0.4, -0.2) is 64.7 Å². The van der Waals surface area contributed by atoms with Crippen molar-refractivity contribution in [3.05, 3.63) is 72.3 Å². The Morgan fingerprint density at radius 2 is 1.44 bits per heavy atom. The molecule has 3 N–H and O–H groups in total. The standard InChI is InChI=1S/C29H36N4O6/c1-3-5-17-38-28(36)24-22(26(34)32(30-24)20-13-9-7-10-14-20)19-23-25(29(37)39-18-6-4-2)31-33(27(23)35)21-15-11-8-12-16-21/h7-16,19,22,26,28-29,34,36-37H,3-6,17-18H2,1-2H3/b23-19-. The summed E-state index contributed by atoms with van der Waals surface area (Å²) in [5.41, 5.74) is 1.33. The van der Waals surface area contributed by atoms with Crippen LogP contribution in [0.15, 0.2) is 82.5 Å². The Hall–Kier alpha value is -3.41. The molecule has 0 saturated heterocycles. The van der Waals surface area contributed by atoms with Gasteiger partial charge in [0, 0.05) is 0 Å². The summed E-state index contributed by atoms with van der Waals surface area (Å²) in [6, 6.07) is 17.9. The molecule has 39 heavy (non-hydrogen) atoms. The number of para-hydroxylation sites is 2. The third-order valence-corrected chi connectivity index (χ3v) is 6.44.